The molecule has 4 nitrogen and oxygen atoms in total. The molecule has 0 saturated carbocycles. The van der Waals surface area contributed by atoms with E-state index in [1.165, 1.54) is 0 Å². The molecule has 1 aliphatic rings. The van der Waals surface area contributed by atoms with Crippen LogP contribution in [0.1, 0.15) is 12.8 Å². The summed E-state index contributed by atoms with van der Waals surface area (Å²) in [5, 5.41) is 13.9. The molecule has 0 aromatic heterocycles. The van der Waals surface area contributed by atoms with Crippen molar-refractivity contribution in [3.05, 3.63) is 0 Å². The Morgan fingerprint density at radius 2 is 2.29 bits per heavy atom. The van der Waals surface area contributed by atoms with Crippen molar-refractivity contribution in [3.63, 3.8) is 0 Å². The van der Waals surface area contributed by atoms with E-state index < -0.39 is 17.9 Å². The number of nitrogens with zero attached hydrogens (tertiary/aromatic N) is 1. The van der Waals surface area contributed by atoms with Crippen LogP contribution in [0.3, 0.4) is 0 Å². The predicted molar refractivity (Wildman–Crippen MR) is 61.3 cm³/mol. The highest BCUT2D eigenvalue weighted by Crippen LogP contribution is 2.27. The van der Waals surface area contributed by atoms with Crippen molar-refractivity contribution >= 4 is 17.6 Å². The first-order valence-electron chi connectivity index (χ1n) is 5.31. The molecule has 0 aliphatic carbocycles. The number of amidine groups is 1. The fraction of sp³-hybridized carbons (Fsp3) is 0.889. The van der Waals surface area contributed by atoms with Crippen molar-refractivity contribution in [3.8, 4) is 0 Å². The third kappa shape index (κ3) is 4.63. The summed E-state index contributed by atoms with van der Waals surface area (Å²) in [6, 6.07) is 0. The average Bonchev–Trinajstić information content (AvgIpc) is 2.74. The van der Waals surface area contributed by atoms with Gasteiger partial charge in [-0.2, -0.15) is 24.9 Å². The minimum atomic E-state index is -4.49. The molecule has 17 heavy (non-hydrogen) atoms. The molecule has 0 aromatic carbocycles. The van der Waals surface area contributed by atoms with E-state index in [-0.39, 0.29) is 6.54 Å². The number of rotatable bonds is 5. The van der Waals surface area contributed by atoms with Gasteiger partial charge in [-0.25, -0.2) is 0 Å². The number of nitrogens with one attached hydrogen (secondary N) is 1. The highest BCUT2D eigenvalue weighted by Gasteiger charge is 2.42. The number of hydrogen-bond acceptors (Lipinski definition) is 4. The summed E-state index contributed by atoms with van der Waals surface area (Å²) in [5.41, 5.74) is 5.03. The summed E-state index contributed by atoms with van der Waals surface area (Å²) < 4.78 is 37.6. The van der Waals surface area contributed by atoms with Crippen LogP contribution in [0.2, 0.25) is 0 Å². The van der Waals surface area contributed by atoms with Crippen molar-refractivity contribution in [2.75, 3.05) is 18.8 Å². The first-order valence-corrected chi connectivity index (χ1v) is 6.36. The summed E-state index contributed by atoms with van der Waals surface area (Å²) in [6.07, 6.45) is -2.36. The molecule has 0 bridgehead atoms. The van der Waals surface area contributed by atoms with Crippen molar-refractivity contribution in [2.45, 2.75) is 24.3 Å². The first-order chi connectivity index (χ1) is 7.95. The predicted octanol–water partition coefficient (Wildman–Crippen LogP) is 1.40. The van der Waals surface area contributed by atoms with E-state index in [2.05, 4.69) is 10.5 Å². The van der Waals surface area contributed by atoms with E-state index in [4.69, 9.17) is 10.9 Å². The molecule has 1 heterocycles. The zero-order valence-electron chi connectivity index (χ0n) is 9.20. The lowest BCUT2D eigenvalue weighted by molar-refractivity contribution is -0.154. The van der Waals surface area contributed by atoms with Gasteiger partial charge in [0.25, 0.3) is 0 Å². The minimum Gasteiger partial charge on any atom is -0.409 e. The smallest absolute Gasteiger partial charge is 0.400 e. The Hall–Kier alpha value is -0.630. The lowest BCUT2D eigenvalue weighted by atomic mass is 10.1. The van der Waals surface area contributed by atoms with Crippen LogP contribution in [0, 0.1) is 5.92 Å². The number of hydrogen-bond donors (Lipinski definition) is 3. The fourth-order valence-electron chi connectivity index (χ4n) is 1.65. The summed E-state index contributed by atoms with van der Waals surface area (Å²) >= 11 is 1.76. The molecule has 4 N–H and O–H groups in total. The zero-order valence-corrected chi connectivity index (χ0v) is 10.0. The van der Waals surface area contributed by atoms with E-state index in [0.717, 1.165) is 18.6 Å². The maximum absolute atomic E-state index is 12.5. The molecule has 0 radical (unpaired) electrons. The van der Waals surface area contributed by atoms with Crippen molar-refractivity contribution in [2.24, 2.45) is 16.8 Å². The third-order valence-corrected chi connectivity index (χ3v) is 4.01. The SMILES string of the molecule is NC(=NO)C(CNCC1CCCS1)C(F)(F)F. The summed E-state index contributed by atoms with van der Waals surface area (Å²) in [6.45, 7) is 0.173. The lowest BCUT2D eigenvalue weighted by Crippen LogP contribution is -2.43. The van der Waals surface area contributed by atoms with Crippen LogP contribution in [0.4, 0.5) is 13.2 Å². The van der Waals surface area contributed by atoms with Gasteiger partial charge in [0.15, 0.2) is 5.84 Å². The standard InChI is InChI=1S/C9H16F3N3OS/c10-9(11,12)7(8(13)15-16)5-14-4-6-2-1-3-17-6/h6-7,14,16H,1-5H2,(H2,13,15). The lowest BCUT2D eigenvalue weighted by Gasteiger charge is -2.20. The van der Waals surface area contributed by atoms with Crippen molar-refractivity contribution in [1.82, 2.24) is 5.32 Å². The van der Waals surface area contributed by atoms with Crippen LogP contribution in [0.5, 0.6) is 0 Å². The second kappa shape index (κ2) is 6.34. The largest absolute Gasteiger partial charge is 0.409 e. The molecule has 2 atom stereocenters. The van der Waals surface area contributed by atoms with Crippen molar-refractivity contribution in [1.29, 1.82) is 0 Å². The molecule has 1 aliphatic heterocycles. The number of alkyl halides is 3. The Morgan fingerprint density at radius 1 is 1.59 bits per heavy atom. The molecule has 8 heteroatoms. The summed E-state index contributed by atoms with van der Waals surface area (Å²) in [5.74, 6) is -1.67. The normalized spacial score (nSPS) is 23.9. The molecule has 0 aromatic rings. The van der Waals surface area contributed by atoms with Crippen LogP contribution in [-0.2, 0) is 0 Å². The van der Waals surface area contributed by atoms with E-state index in [9.17, 15) is 13.2 Å². The van der Waals surface area contributed by atoms with Gasteiger partial charge in [0.05, 0.1) is 0 Å². The van der Waals surface area contributed by atoms with Gasteiger partial charge in [-0.15, -0.1) is 0 Å². The van der Waals surface area contributed by atoms with Gasteiger partial charge in [-0.1, -0.05) is 5.16 Å². The highest BCUT2D eigenvalue weighted by molar-refractivity contribution is 8.00. The second-order valence-corrected chi connectivity index (χ2v) is 5.32. The number of oxime groups is 1. The Kier molecular flexibility index (Phi) is 5.38. The molecule has 1 fully saturated rings. The molecule has 1 saturated heterocycles. The number of nitrogens with two attached hydrogens (primary N) is 1. The van der Waals surface area contributed by atoms with E-state index in [0.29, 0.717) is 11.8 Å². The Morgan fingerprint density at radius 3 is 2.76 bits per heavy atom. The first kappa shape index (κ1) is 14.4. The highest BCUT2D eigenvalue weighted by atomic mass is 32.2. The quantitative estimate of drug-likeness (QED) is 0.306. The second-order valence-electron chi connectivity index (χ2n) is 3.91. The zero-order chi connectivity index (χ0) is 12.9. The Bertz CT molecular complexity index is 267. The maximum atomic E-state index is 12.5. The van der Waals surface area contributed by atoms with E-state index >= 15 is 0 Å². The van der Waals surface area contributed by atoms with Crippen LogP contribution in [-0.4, -0.2) is 41.3 Å². The van der Waals surface area contributed by atoms with E-state index in [1.54, 1.807) is 11.8 Å². The monoisotopic (exact) mass is 271 g/mol. The van der Waals surface area contributed by atoms with Crippen molar-refractivity contribution < 1.29 is 18.4 Å². The van der Waals surface area contributed by atoms with Gasteiger partial charge in [0.1, 0.15) is 5.92 Å². The van der Waals surface area contributed by atoms with Crippen LogP contribution < -0.4 is 11.1 Å². The molecule has 100 valence electrons. The van der Waals surface area contributed by atoms with Gasteiger partial charge in [0.2, 0.25) is 0 Å². The molecule has 0 amide bonds. The Labute approximate surface area is 102 Å². The molecule has 1 rings (SSSR count). The molecular formula is C9H16F3N3OS. The molecular weight excluding hydrogens is 255 g/mol. The van der Waals surface area contributed by atoms with Crippen LogP contribution >= 0.6 is 11.8 Å². The van der Waals surface area contributed by atoms with Gasteiger partial charge in [-0.05, 0) is 18.6 Å². The summed E-state index contributed by atoms with van der Waals surface area (Å²) in [7, 11) is 0. The van der Waals surface area contributed by atoms with E-state index in [1.807, 2.05) is 0 Å². The average molecular weight is 271 g/mol. The molecule has 0 spiro atoms. The fourth-order valence-corrected chi connectivity index (χ4v) is 2.89. The minimum absolute atomic E-state index is 0.351. The Balaban J connectivity index is 2.38. The van der Waals surface area contributed by atoms with Gasteiger partial charge in [-0.3, -0.25) is 0 Å². The number of thioether (sulfide) groups is 1. The van der Waals surface area contributed by atoms with Gasteiger partial charge < -0.3 is 16.3 Å². The van der Waals surface area contributed by atoms with Crippen LogP contribution in [0.25, 0.3) is 0 Å². The maximum Gasteiger partial charge on any atom is 0.400 e. The van der Waals surface area contributed by atoms with Crippen LogP contribution in [0.15, 0.2) is 5.16 Å². The topological polar surface area (TPSA) is 70.6 Å². The van der Waals surface area contributed by atoms with Gasteiger partial charge in [0, 0.05) is 18.3 Å². The number of halogens is 3. The third-order valence-electron chi connectivity index (χ3n) is 2.61. The summed E-state index contributed by atoms with van der Waals surface area (Å²) in [4.78, 5) is 0. The van der Waals surface area contributed by atoms with Gasteiger partial charge >= 0.3 is 6.18 Å². The molecule has 2 unspecified atom stereocenters.